The number of ether oxygens (including phenoxy) is 1. The van der Waals surface area contributed by atoms with Crippen LogP contribution >= 0.6 is 0 Å². The monoisotopic (exact) mass is 327 g/mol. The van der Waals surface area contributed by atoms with Gasteiger partial charge in [-0.1, -0.05) is 12.1 Å². The molecule has 2 rings (SSSR count). The summed E-state index contributed by atoms with van der Waals surface area (Å²) in [4.78, 5) is 2.33. The zero-order chi connectivity index (χ0) is 16.2. The zero-order valence-electron chi connectivity index (χ0n) is 13.4. The van der Waals surface area contributed by atoms with Gasteiger partial charge < -0.3 is 4.74 Å². The Morgan fingerprint density at radius 2 is 2.00 bits per heavy atom. The highest BCUT2D eigenvalue weighted by molar-refractivity contribution is 7.87. The van der Waals surface area contributed by atoms with Crippen molar-refractivity contribution in [2.24, 2.45) is 0 Å². The smallest absolute Gasteiger partial charge is 0.278 e. The predicted octanol–water partition coefficient (Wildman–Crippen LogP) is 1.23. The molecule has 1 saturated heterocycles. The zero-order valence-corrected chi connectivity index (χ0v) is 14.3. The van der Waals surface area contributed by atoms with Gasteiger partial charge in [0.05, 0.1) is 7.11 Å². The third-order valence-corrected chi connectivity index (χ3v) is 5.56. The summed E-state index contributed by atoms with van der Waals surface area (Å²) in [6, 6.07) is 8.48. The van der Waals surface area contributed by atoms with Crippen LogP contribution in [0.2, 0.25) is 0 Å². The van der Waals surface area contributed by atoms with Gasteiger partial charge in [0.1, 0.15) is 5.75 Å². The van der Waals surface area contributed by atoms with Crippen molar-refractivity contribution in [1.82, 2.24) is 13.9 Å². The third-order valence-electron chi connectivity index (χ3n) is 4.03. The fraction of sp³-hybridized carbons (Fsp3) is 0.600. The Bertz CT molecular complexity index is 572. The first kappa shape index (κ1) is 17.2. The predicted molar refractivity (Wildman–Crippen MR) is 87.2 cm³/mol. The first-order valence-electron chi connectivity index (χ1n) is 7.49. The van der Waals surface area contributed by atoms with Crippen molar-refractivity contribution in [3.63, 3.8) is 0 Å². The normalized spacial score (nSPS) is 19.7. The molecule has 1 aromatic rings. The molecule has 6 nitrogen and oxygen atoms in total. The van der Waals surface area contributed by atoms with Gasteiger partial charge in [0.25, 0.3) is 10.2 Å². The van der Waals surface area contributed by atoms with Crippen molar-refractivity contribution in [3.05, 3.63) is 29.8 Å². The van der Waals surface area contributed by atoms with Gasteiger partial charge in [-0.15, -0.1) is 0 Å². The molecule has 1 heterocycles. The van der Waals surface area contributed by atoms with Crippen molar-refractivity contribution in [3.8, 4) is 5.75 Å². The van der Waals surface area contributed by atoms with Gasteiger partial charge >= 0.3 is 0 Å². The van der Waals surface area contributed by atoms with Crippen molar-refractivity contribution in [1.29, 1.82) is 0 Å². The lowest BCUT2D eigenvalue weighted by molar-refractivity contribution is 0.261. The van der Waals surface area contributed by atoms with E-state index >= 15 is 0 Å². The van der Waals surface area contributed by atoms with Gasteiger partial charge in [-0.05, 0) is 37.1 Å². The van der Waals surface area contributed by atoms with E-state index < -0.39 is 10.2 Å². The van der Waals surface area contributed by atoms with E-state index in [0.717, 1.165) is 25.1 Å². The Balaban J connectivity index is 1.93. The highest BCUT2D eigenvalue weighted by Crippen LogP contribution is 2.32. The number of likely N-dealkylation sites (tertiary alicyclic amines) is 1. The van der Waals surface area contributed by atoms with Crippen LogP contribution in [0.5, 0.6) is 5.75 Å². The average Bonchev–Trinajstić information content (AvgIpc) is 2.95. The van der Waals surface area contributed by atoms with Crippen LogP contribution in [0.25, 0.3) is 0 Å². The molecule has 0 saturated carbocycles. The molecular weight excluding hydrogens is 302 g/mol. The van der Waals surface area contributed by atoms with Crippen LogP contribution in [0, 0.1) is 0 Å². The lowest BCUT2D eigenvalue weighted by Crippen LogP contribution is -2.40. The molecule has 1 aliphatic rings. The van der Waals surface area contributed by atoms with E-state index in [9.17, 15) is 8.42 Å². The van der Waals surface area contributed by atoms with Crippen LogP contribution in [0.15, 0.2) is 24.3 Å². The van der Waals surface area contributed by atoms with Gasteiger partial charge in [-0.25, -0.2) is 4.72 Å². The van der Waals surface area contributed by atoms with Crippen LogP contribution in [0.1, 0.15) is 24.4 Å². The van der Waals surface area contributed by atoms with E-state index in [1.54, 1.807) is 7.11 Å². The maximum absolute atomic E-state index is 11.7. The van der Waals surface area contributed by atoms with Crippen molar-refractivity contribution in [2.45, 2.75) is 18.9 Å². The maximum atomic E-state index is 11.7. The minimum absolute atomic E-state index is 0.356. The second kappa shape index (κ2) is 7.41. The molecule has 0 amide bonds. The summed E-state index contributed by atoms with van der Waals surface area (Å²) in [6.45, 7) is 2.14. The highest BCUT2D eigenvalue weighted by atomic mass is 32.2. The number of hydrogen-bond donors (Lipinski definition) is 1. The summed E-state index contributed by atoms with van der Waals surface area (Å²) >= 11 is 0. The summed E-state index contributed by atoms with van der Waals surface area (Å²) in [6.07, 6.45) is 2.24. The minimum atomic E-state index is -3.34. The Kier molecular flexibility index (Phi) is 5.80. The number of nitrogens with zero attached hydrogens (tertiary/aromatic N) is 2. The van der Waals surface area contributed by atoms with Crippen molar-refractivity contribution >= 4 is 10.2 Å². The lowest BCUT2D eigenvalue weighted by Gasteiger charge is -2.25. The van der Waals surface area contributed by atoms with Crippen molar-refractivity contribution in [2.75, 3.05) is 40.8 Å². The van der Waals surface area contributed by atoms with Gasteiger partial charge in [-0.3, -0.25) is 4.90 Å². The molecular formula is C15H25N3O3S. The maximum Gasteiger partial charge on any atom is 0.278 e. The fourth-order valence-electron chi connectivity index (χ4n) is 2.74. The lowest BCUT2D eigenvalue weighted by atomic mass is 10.0. The van der Waals surface area contributed by atoms with Crippen LogP contribution in [-0.2, 0) is 10.2 Å². The summed E-state index contributed by atoms with van der Waals surface area (Å²) in [5.41, 5.74) is 1.26. The molecule has 22 heavy (non-hydrogen) atoms. The molecule has 0 bridgehead atoms. The first-order valence-corrected chi connectivity index (χ1v) is 8.93. The molecule has 1 N–H and O–H groups in total. The van der Waals surface area contributed by atoms with E-state index in [1.165, 1.54) is 24.0 Å². The van der Waals surface area contributed by atoms with Crippen LogP contribution in [0.4, 0.5) is 0 Å². The molecule has 0 spiro atoms. The number of hydrogen-bond acceptors (Lipinski definition) is 4. The van der Waals surface area contributed by atoms with Crippen molar-refractivity contribution < 1.29 is 13.2 Å². The van der Waals surface area contributed by atoms with E-state index in [0.29, 0.717) is 19.1 Å². The number of rotatable bonds is 7. The summed E-state index contributed by atoms with van der Waals surface area (Å²) < 4.78 is 32.4. The molecule has 1 fully saturated rings. The molecule has 1 unspecified atom stereocenters. The highest BCUT2D eigenvalue weighted by Gasteiger charge is 2.26. The van der Waals surface area contributed by atoms with Crippen LogP contribution in [-0.4, -0.2) is 58.5 Å². The second-order valence-corrected chi connectivity index (χ2v) is 7.62. The standard InChI is InChI=1S/C15H25N3O3S/c1-17(2)22(19,20)16-10-12-18-11-4-5-15(18)13-6-8-14(21-3)9-7-13/h6-9,15-16H,4-5,10-12H2,1-3H3. The van der Waals surface area contributed by atoms with E-state index in [-0.39, 0.29) is 0 Å². The number of benzene rings is 1. The Morgan fingerprint density at radius 1 is 1.32 bits per heavy atom. The van der Waals surface area contributed by atoms with Crippen LogP contribution in [0.3, 0.4) is 0 Å². The fourth-order valence-corrected chi connectivity index (χ4v) is 3.35. The van der Waals surface area contributed by atoms with Gasteiger partial charge in [0.2, 0.25) is 0 Å². The van der Waals surface area contributed by atoms with E-state index in [4.69, 9.17) is 4.74 Å². The SMILES string of the molecule is COc1ccc(C2CCCN2CCNS(=O)(=O)N(C)C)cc1. The summed E-state index contributed by atoms with van der Waals surface area (Å²) in [5.74, 6) is 0.854. The number of methoxy groups -OCH3 is 1. The largest absolute Gasteiger partial charge is 0.497 e. The van der Waals surface area contributed by atoms with Gasteiger partial charge in [-0.2, -0.15) is 12.7 Å². The molecule has 124 valence electrons. The Labute approximate surface area is 133 Å². The minimum Gasteiger partial charge on any atom is -0.497 e. The number of nitrogens with one attached hydrogen (secondary N) is 1. The molecule has 1 aliphatic heterocycles. The quantitative estimate of drug-likeness (QED) is 0.818. The molecule has 0 radical (unpaired) electrons. The molecule has 7 heteroatoms. The average molecular weight is 327 g/mol. The van der Waals surface area contributed by atoms with Gasteiger partial charge in [0, 0.05) is 33.2 Å². The van der Waals surface area contributed by atoms with Gasteiger partial charge in [0.15, 0.2) is 0 Å². The molecule has 0 aliphatic carbocycles. The van der Waals surface area contributed by atoms with E-state index in [1.807, 2.05) is 12.1 Å². The second-order valence-electron chi connectivity index (χ2n) is 5.65. The molecule has 1 atom stereocenters. The Morgan fingerprint density at radius 3 is 2.59 bits per heavy atom. The summed E-state index contributed by atoms with van der Waals surface area (Å²) in [5, 5.41) is 0. The first-order chi connectivity index (χ1) is 10.4. The molecule has 1 aromatic carbocycles. The third kappa shape index (κ3) is 4.19. The summed E-state index contributed by atoms with van der Waals surface area (Å²) in [7, 11) is 1.37. The van der Waals surface area contributed by atoms with Crippen LogP contribution < -0.4 is 9.46 Å². The molecule has 0 aromatic heterocycles. The topological polar surface area (TPSA) is 61.9 Å². The Hall–Kier alpha value is -1.15. The van der Waals surface area contributed by atoms with E-state index in [2.05, 4.69) is 21.8 Å².